The van der Waals surface area contributed by atoms with Crippen LogP contribution in [0.3, 0.4) is 0 Å². The van der Waals surface area contributed by atoms with Gasteiger partial charge in [-0.15, -0.1) is 0 Å². The van der Waals surface area contributed by atoms with Crippen LogP contribution in [0.4, 0.5) is 0 Å². The van der Waals surface area contributed by atoms with Crippen molar-refractivity contribution in [3.05, 3.63) is 48.6 Å². The Labute approximate surface area is 251 Å². The minimum Gasteiger partial charge on any atom is -0.462 e. The summed E-state index contributed by atoms with van der Waals surface area (Å²) < 4.78 is 10.4. The number of carbonyl (C=O) groups excluding carboxylic acids is 2. The van der Waals surface area contributed by atoms with Crippen LogP contribution >= 0.6 is 0 Å². The second-order valence-corrected chi connectivity index (χ2v) is 11.2. The van der Waals surface area contributed by atoms with Gasteiger partial charge in [0, 0.05) is 12.8 Å². The third kappa shape index (κ3) is 29.1. The van der Waals surface area contributed by atoms with Crippen molar-refractivity contribution in [1.82, 2.24) is 0 Å². The fourth-order valence-corrected chi connectivity index (χ4v) is 4.13. The Morgan fingerprint density at radius 2 is 1.39 bits per heavy atom. The molecular formula is C35H60O6. The molecule has 236 valence electrons. The minimum atomic E-state index is -0.863. The quantitative estimate of drug-likeness (QED) is 0.0442. The summed E-state index contributed by atoms with van der Waals surface area (Å²) in [5.41, 5.74) is 0. The van der Waals surface area contributed by atoms with Gasteiger partial charge in [-0.25, -0.2) is 0 Å². The van der Waals surface area contributed by atoms with Crippen LogP contribution in [-0.2, 0) is 19.1 Å². The lowest BCUT2D eigenvalue weighted by Crippen LogP contribution is -2.28. The molecule has 0 unspecified atom stereocenters. The number of ether oxygens (including phenoxy) is 2. The minimum absolute atomic E-state index is 0.125. The van der Waals surface area contributed by atoms with Crippen molar-refractivity contribution >= 4 is 11.9 Å². The van der Waals surface area contributed by atoms with E-state index in [2.05, 4.69) is 45.1 Å². The van der Waals surface area contributed by atoms with E-state index in [4.69, 9.17) is 9.47 Å². The maximum atomic E-state index is 12.1. The molecule has 2 atom stereocenters. The summed E-state index contributed by atoms with van der Waals surface area (Å²) in [7, 11) is 0. The number of rotatable bonds is 27. The highest BCUT2D eigenvalue weighted by molar-refractivity contribution is 5.70. The standard InChI is InChI=1S/C35H60O6/c1-4-5-6-7-8-9-10-11-12-13-14-18-21-25-32(37)26-23-28-35(39)41-33(29-36)30-40-34(38)27-22-19-16-15-17-20-24-31(2)3/h8-9,11-12,14,18,21,25,31-33,36-37H,4-7,10,13,15-17,19-20,22-24,26-30H2,1-3H3/b9-8-,12-11-,18-14-,25-21+/t32-,33-/m0/s1. The van der Waals surface area contributed by atoms with Crippen LogP contribution in [0.25, 0.3) is 0 Å². The SMILES string of the molecule is CCCCC/C=C\C/C=C\C/C=C\C=C\[C@H](O)CCCC(=O)O[C@@H](CO)COC(=O)CCCCCCCCC(C)C. The van der Waals surface area contributed by atoms with E-state index in [1.807, 2.05) is 18.2 Å². The summed E-state index contributed by atoms with van der Waals surface area (Å²) in [4.78, 5) is 24.0. The Kier molecular flexibility index (Phi) is 27.8. The van der Waals surface area contributed by atoms with Gasteiger partial charge in [-0.3, -0.25) is 9.59 Å². The normalized spacial score (nSPS) is 13.7. The zero-order valence-corrected chi connectivity index (χ0v) is 26.3. The summed E-state index contributed by atoms with van der Waals surface area (Å²) in [6.45, 7) is 6.16. The number of allylic oxidation sites excluding steroid dienone is 7. The highest BCUT2D eigenvalue weighted by atomic mass is 16.6. The van der Waals surface area contributed by atoms with Crippen molar-refractivity contribution < 1.29 is 29.3 Å². The van der Waals surface area contributed by atoms with Gasteiger partial charge >= 0.3 is 11.9 Å². The molecule has 0 spiro atoms. The Bertz CT molecular complexity index is 737. The Morgan fingerprint density at radius 1 is 0.732 bits per heavy atom. The average molecular weight is 577 g/mol. The topological polar surface area (TPSA) is 93.1 Å². The van der Waals surface area contributed by atoms with E-state index < -0.39 is 24.8 Å². The van der Waals surface area contributed by atoms with Crippen molar-refractivity contribution in [3.63, 3.8) is 0 Å². The molecule has 0 rings (SSSR count). The second-order valence-electron chi connectivity index (χ2n) is 11.2. The van der Waals surface area contributed by atoms with Crippen molar-refractivity contribution in [3.8, 4) is 0 Å². The maximum Gasteiger partial charge on any atom is 0.306 e. The van der Waals surface area contributed by atoms with Crippen LogP contribution in [0.15, 0.2) is 48.6 Å². The molecule has 0 aliphatic heterocycles. The van der Waals surface area contributed by atoms with Gasteiger partial charge < -0.3 is 19.7 Å². The van der Waals surface area contributed by atoms with Crippen LogP contribution in [0.5, 0.6) is 0 Å². The van der Waals surface area contributed by atoms with E-state index >= 15 is 0 Å². The van der Waals surface area contributed by atoms with E-state index in [-0.39, 0.29) is 19.0 Å². The fraction of sp³-hybridized carbons (Fsp3) is 0.714. The molecule has 0 aromatic carbocycles. The number of aliphatic hydroxyl groups excluding tert-OH is 2. The predicted octanol–water partition coefficient (Wildman–Crippen LogP) is 8.33. The molecule has 2 N–H and O–H groups in total. The molecule has 0 saturated heterocycles. The third-order valence-corrected chi connectivity index (χ3v) is 6.66. The Morgan fingerprint density at radius 3 is 2.10 bits per heavy atom. The van der Waals surface area contributed by atoms with Gasteiger partial charge in [-0.1, -0.05) is 121 Å². The molecule has 0 saturated carbocycles. The van der Waals surface area contributed by atoms with Crippen molar-refractivity contribution in [2.45, 2.75) is 142 Å². The summed E-state index contributed by atoms with van der Waals surface area (Å²) in [5.74, 6) is -0.0449. The van der Waals surface area contributed by atoms with Gasteiger partial charge in [-0.05, 0) is 50.9 Å². The molecule has 6 nitrogen and oxygen atoms in total. The Balaban J connectivity index is 3.88. The summed E-state index contributed by atoms with van der Waals surface area (Å²) in [6.07, 6.45) is 30.7. The third-order valence-electron chi connectivity index (χ3n) is 6.66. The van der Waals surface area contributed by atoms with Gasteiger partial charge in [0.1, 0.15) is 6.61 Å². The number of esters is 2. The van der Waals surface area contributed by atoms with Gasteiger partial charge in [0.15, 0.2) is 6.10 Å². The number of carbonyl (C=O) groups is 2. The predicted molar refractivity (Wildman–Crippen MR) is 169 cm³/mol. The summed E-state index contributed by atoms with van der Waals surface area (Å²) in [5, 5.41) is 19.6. The lowest BCUT2D eigenvalue weighted by molar-refractivity contribution is -0.161. The van der Waals surface area contributed by atoms with Crippen LogP contribution in [0.1, 0.15) is 130 Å². The first kappa shape index (κ1) is 38.8. The van der Waals surface area contributed by atoms with Crippen molar-refractivity contribution in [2.24, 2.45) is 5.92 Å². The molecule has 0 aliphatic rings. The highest BCUT2D eigenvalue weighted by Gasteiger charge is 2.16. The number of hydrogen-bond acceptors (Lipinski definition) is 6. The first-order valence-electron chi connectivity index (χ1n) is 16.2. The second kappa shape index (κ2) is 29.3. The molecule has 0 heterocycles. The zero-order chi connectivity index (χ0) is 30.4. The van der Waals surface area contributed by atoms with E-state index in [1.165, 1.54) is 44.9 Å². The van der Waals surface area contributed by atoms with Crippen LogP contribution < -0.4 is 0 Å². The fourth-order valence-electron chi connectivity index (χ4n) is 4.13. The molecule has 0 amide bonds. The van der Waals surface area contributed by atoms with Gasteiger partial charge in [-0.2, -0.15) is 0 Å². The van der Waals surface area contributed by atoms with Gasteiger partial charge in [0.2, 0.25) is 0 Å². The highest BCUT2D eigenvalue weighted by Crippen LogP contribution is 2.12. The summed E-state index contributed by atoms with van der Waals surface area (Å²) >= 11 is 0. The largest absolute Gasteiger partial charge is 0.462 e. The van der Waals surface area contributed by atoms with Crippen LogP contribution in [-0.4, -0.2) is 47.6 Å². The molecule has 0 radical (unpaired) electrons. The number of hydrogen-bond donors (Lipinski definition) is 2. The molecular weight excluding hydrogens is 516 g/mol. The molecule has 41 heavy (non-hydrogen) atoms. The monoisotopic (exact) mass is 576 g/mol. The Hall–Kier alpha value is -2.18. The average Bonchev–Trinajstić information content (AvgIpc) is 2.94. The van der Waals surface area contributed by atoms with E-state index in [0.29, 0.717) is 19.3 Å². The molecule has 0 aromatic rings. The molecule has 0 aliphatic carbocycles. The summed E-state index contributed by atoms with van der Waals surface area (Å²) in [6, 6.07) is 0. The smallest absolute Gasteiger partial charge is 0.306 e. The van der Waals surface area contributed by atoms with Crippen LogP contribution in [0, 0.1) is 5.92 Å². The number of aliphatic hydroxyl groups is 2. The first-order valence-corrected chi connectivity index (χ1v) is 16.2. The lowest BCUT2D eigenvalue weighted by Gasteiger charge is -2.16. The lowest BCUT2D eigenvalue weighted by atomic mass is 10.0. The molecule has 0 fully saturated rings. The van der Waals surface area contributed by atoms with E-state index in [9.17, 15) is 19.8 Å². The molecule has 0 bridgehead atoms. The van der Waals surface area contributed by atoms with Crippen molar-refractivity contribution in [2.75, 3.05) is 13.2 Å². The zero-order valence-electron chi connectivity index (χ0n) is 26.3. The van der Waals surface area contributed by atoms with Gasteiger partial charge in [0.25, 0.3) is 0 Å². The van der Waals surface area contributed by atoms with Gasteiger partial charge in [0.05, 0.1) is 12.7 Å². The maximum absolute atomic E-state index is 12.1. The van der Waals surface area contributed by atoms with E-state index in [1.54, 1.807) is 6.08 Å². The van der Waals surface area contributed by atoms with Crippen LogP contribution in [0.2, 0.25) is 0 Å². The molecule has 0 aromatic heterocycles. The first-order chi connectivity index (χ1) is 19.9. The molecule has 6 heteroatoms. The van der Waals surface area contributed by atoms with E-state index in [0.717, 1.165) is 44.4 Å². The van der Waals surface area contributed by atoms with Crippen molar-refractivity contribution in [1.29, 1.82) is 0 Å². The number of unbranched alkanes of at least 4 members (excludes halogenated alkanes) is 8.